The first-order valence-electron chi connectivity index (χ1n) is 10.1. The molecule has 1 aliphatic rings. The van der Waals surface area contributed by atoms with Crippen molar-refractivity contribution in [2.45, 2.75) is 12.8 Å². The molecule has 9 heteroatoms. The van der Waals surface area contributed by atoms with E-state index in [-0.39, 0.29) is 11.8 Å². The molecular weight excluding hydrogens is 410 g/mol. The van der Waals surface area contributed by atoms with Crippen LogP contribution in [0.4, 0.5) is 5.69 Å². The van der Waals surface area contributed by atoms with Gasteiger partial charge in [-0.2, -0.15) is 5.10 Å². The summed E-state index contributed by atoms with van der Waals surface area (Å²) >= 11 is 0. The van der Waals surface area contributed by atoms with Gasteiger partial charge in [0.2, 0.25) is 0 Å². The molecule has 0 saturated heterocycles. The maximum atomic E-state index is 13.0. The monoisotopic (exact) mass is 433 g/mol. The minimum Gasteiger partial charge on any atom is -0.493 e. The summed E-state index contributed by atoms with van der Waals surface area (Å²) in [6, 6.07) is 12.3. The lowest BCUT2D eigenvalue weighted by atomic mass is 10.0. The van der Waals surface area contributed by atoms with Crippen molar-refractivity contribution >= 4 is 23.2 Å². The lowest BCUT2D eigenvalue weighted by Crippen LogP contribution is -2.32. The van der Waals surface area contributed by atoms with Gasteiger partial charge in [-0.05, 0) is 55.3 Å². The molecule has 0 unspecified atom stereocenters. The van der Waals surface area contributed by atoms with Crippen molar-refractivity contribution in [3.05, 3.63) is 71.8 Å². The smallest absolute Gasteiger partial charge is 0.273 e. The number of H-pyrrole nitrogens is 1. The third kappa shape index (κ3) is 4.46. The second-order valence-corrected chi connectivity index (χ2v) is 7.15. The summed E-state index contributed by atoms with van der Waals surface area (Å²) in [7, 11) is 3.17. The van der Waals surface area contributed by atoms with Crippen molar-refractivity contribution < 1.29 is 19.1 Å². The molecule has 3 aromatic rings. The Morgan fingerprint density at radius 1 is 1.06 bits per heavy atom. The molecule has 0 fully saturated rings. The predicted octanol–water partition coefficient (Wildman–Crippen LogP) is 3.32. The maximum Gasteiger partial charge on any atom is 0.273 e. The first-order valence-corrected chi connectivity index (χ1v) is 10.1. The van der Waals surface area contributed by atoms with Crippen molar-refractivity contribution in [3.63, 3.8) is 0 Å². The van der Waals surface area contributed by atoms with E-state index >= 15 is 0 Å². The number of imidazole rings is 1. The number of carbonyl (C=O) groups excluding carboxylic acids is 2. The van der Waals surface area contributed by atoms with Crippen LogP contribution >= 0.6 is 0 Å². The molecule has 0 radical (unpaired) electrons. The van der Waals surface area contributed by atoms with Crippen LogP contribution in [0.3, 0.4) is 0 Å². The first-order chi connectivity index (χ1) is 15.6. The molecule has 2 amide bonds. The van der Waals surface area contributed by atoms with Crippen LogP contribution in [0.2, 0.25) is 0 Å². The quantitative estimate of drug-likeness (QED) is 0.620. The fourth-order valence-corrected chi connectivity index (χ4v) is 3.43. The molecule has 0 saturated carbocycles. The molecule has 0 aliphatic carbocycles. The molecule has 0 atom stereocenters. The van der Waals surface area contributed by atoms with Crippen LogP contribution in [-0.4, -0.2) is 53.3 Å². The zero-order valence-corrected chi connectivity index (χ0v) is 17.8. The molecule has 32 heavy (non-hydrogen) atoms. The van der Waals surface area contributed by atoms with E-state index in [1.807, 2.05) is 18.2 Å². The Balaban J connectivity index is 1.48. The molecular formula is C23H23N5O4. The topological polar surface area (TPSA) is 109 Å². The zero-order chi connectivity index (χ0) is 22.5. The Labute approximate surface area is 185 Å². The number of hydrogen-bond donors (Lipinski definition) is 2. The van der Waals surface area contributed by atoms with E-state index in [0.717, 1.165) is 24.1 Å². The van der Waals surface area contributed by atoms with Crippen LogP contribution in [-0.2, 0) is 0 Å². The minimum atomic E-state index is -0.304. The molecule has 0 spiro atoms. The van der Waals surface area contributed by atoms with Crippen LogP contribution in [0.1, 0.15) is 39.3 Å². The largest absolute Gasteiger partial charge is 0.493 e. The van der Waals surface area contributed by atoms with Crippen LogP contribution in [0.25, 0.3) is 0 Å². The van der Waals surface area contributed by atoms with E-state index in [1.165, 1.54) is 17.5 Å². The summed E-state index contributed by atoms with van der Waals surface area (Å²) < 4.78 is 10.7. The number of anilines is 1. The number of hydrazone groups is 1. The van der Waals surface area contributed by atoms with Gasteiger partial charge in [0.1, 0.15) is 5.69 Å². The second kappa shape index (κ2) is 9.34. The Morgan fingerprint density at radius 3 is 2.53 bits per heavy atom. The number of ether oxygens (including phenoxy) is 2. The summed E-state index contributed by atoms with van der Waals surface area (Å²) in [5.74, 6) is 0.750. The molecule has 9 nitrogen and oxygen atoms in total. The number of nitrogens with zero attached hydrogens (tertiary/aromatic N) is 3. The van der Waals surface area contributed by atoms with Gasteiger partial charge in [0.05, 0.1) is 32.5 Å². The Morgan fingerprint density at radius 2 is 1.84 bits per heavy atom. The normalized spacial score (nSPS) is 13.3. The number of nitrogens with one attached hydrogen (secondary N) is 2. The Bertz CT molecular complexity index is 1140. The molecule has 1 aliphatic heterocycles. The number of benzene rings is 2. The number of rotatable bonds is 6. The van der Waals surface area contributed by atoms with Gasteiger partial charge in [-0.15, -0.1) is 0 Å². The highest BCUT2D eigenvalue weighted by molar-refractivity contribution is 6.04. The van der Waals surface area contributed by atoms with Crippen molar-refractivity contribution in [1.29, 1.82) is 0 Å². The molecule has 2 heterocycles. The van der Waals surface area contributed by atoms with Crippen molar-refractivity contribution in [3.8, 4) is 11.5 Å². The number of aromatic nitrogens is 2. The van der Waals surface area contributed by atoms with Gasteiger partial charge < -0.3 is 19.8 Å². The van der Waals surface area contributed by atoms with Crippen LogP contribution < -0.4 is 14.8 Å². The Kier molecular flexibility index (Phi) is 6.16. The zero-order valence-electron chi connectivity index (χ0n) is 17.8. The van der Waals surface area contributed by atoms with E-state index in [9.17, 15) is 9.59 Å². The highest BCUT2D eigenvalue weighted by atomic mass is 16.5. The number of aromatic amines is 1. The molecule has 1 aromatic heterocycles. The molecule has 2 aromatic carbocycles. The van der Waals surface area contributed by atoms with Gasteiger partial charge in [0.25, 0.3) is 11.8 Å². The summed E-state index contributed by atoms with van der Waals surface area (Å²) in [5.41, 5.74) is 3.12. The fraction of sp³-hybridized carbons (Fsp3) is 0.217. The number of hydrogen-bond acceptors (Lipinski definition) is 6. The standard InChI is InChI=1S/C23H23N5O4/c1-31-20-10-7-16(12-21(20)32-2)18-4-3-11-28(27-18)23(30)15-5-8-17(9-6-15)26-22(29)19-13-24-14-25-19/h5-10,12-14H,3-4,11H2,1-2H3,(H,24,25)(H,26,29). The Hall–Kier alpha value is -4.14. The van der Waals surface area contributed by atoms with Crippen LogP contribution in [0, 0.1) is 0 Å². The van der Waals surface area contributed by atoms with Crippen molar-refractivity contribution in [1.82, 2.24) is 15.0 Å². The van der Waals surface area contributed by atoms with E-state index < -0.39 is 0 Å². The molecule has 164 valence electrons. The van der Waals surface area contributed by atoms with E-state index in [0.29, 0.717) is 35.0 Å². The second-order valence-electron chi connectivity index (χ2n) is 7.15. The first kappa shape index (κ1) is 21.1. The highest BCUT2D eigenvalue weighted by Gasteiger charge is 2.21. The van der Waals surface area contributed by atoms with Gasteiger partial charge in [-0.25, -0.2) is 9.99 Å². The third-order valence-electron chi connectivity index (χ3n) is 5.11. The maximum absolute atomic E-state index is 13.0. The average Bonchev–Trinajstić information content (AvgIpc) is 3.39. The fourth-order valence-electron chi connectivity index (χ4n) is 3.43. The van der Waals surface area contributed by atoms with Crippen LogP contribution in [0.15, 0.2) is 60.1 Å². The van der Waals surface area contributed by atoms with Crippen LogP contribution in [0.5, 0.6) is 11.5 Å². The van der Waals surface area contributed by atoms with Gasteiger partial charge in [-0.3, -0.25) is 9.59 Å². The lowest BCUT2D eigenvalue weighted by molar-refractivity contribution is 0.0751. The molecule has 2 N–H and O–H groups in total. The summed E-state index contributed by atoms with van der Waals surface area (Å²) in [6.07, 6.45) is 4.44. The average molecular weight is 433 g/mol. The van der Waals surface area contributed by atoms with Crippen molar-refractivity contribution in [2.75, 3.05) is 26.1 Å². The lowest BCUT2D eigenvalue weighted by Gasteiger charge is -2.24. The van der Waals surface area contributed by atoms with Crippen molar-refractivity contribution in [2.24, 2.45) is 5.10 Å². The van der Waals surface area contributed by atoms with E-state index in [4.69, 9.17) is 9.47 Å². The van der Waals surface area contributed by atoms with E-state index in [2.05, 4.69) is 20.4 Å². The van der Waals surface area contributed by atoms with Gasteiger partial charge in [0, 0.05) is 23.4 Å². The third-order valence-corrected chi connectivity index (χ3v) is 5.11. The minimum absolute atomic E-state index is 0.200. The number of methoxy groups -OCH3 is 2. The SMILES string of the molecule is COc1ccc(C2=NN(C(=O)c3ccc(NC(=O)c4cnc[nH]4)cc3)CCC2)cc1OC. The van der Waals surface area contributed by atoms with Gasteiger partial charge >= 0.3 is 0 Å². The van der Waals surface area contributed by atoms with Gasteiger partial charge in [0.15, 0.2) is 11.5 Å². The number of amides is 2. The number of carbonyl (C=O) groups is 2. The van der Waals surface area contributed by atoms with E-state index in [1.54, 1.807) is 38.5 Å². The highest BCUT2D eigenvalue weighted by Crippen LogP contribution is 2.29. The summed E-state index contributed by atoms with van der Waals surface area (Å²) in [4.78, 5) is 31.7. The predicted molar refractivity (Wildman–Crippen MR) is 119 cm³/mol. The molecule has 4 rings (SSSR count). The summed E-state index contributed by atoms with van der Waals surface area (Å²) in [6.45, 7) is 0.536. The molecule has 0 bridgehead atoms. The van der Waals surface area contributed by atoms with Gasteiger partial charge in [-0.1, -0.05) is 0 Å². The summed E-state index contributed by atoms with van der Waals surface area (Å²) in [5, 5.41) is 8.82.